The van der Waals surface area contributed by atoms with Crippen LogP contribution in [0.1, 0.15) is 91.5 Å². The van der Waals surface area contributed by atoms with Crippen LogP contribution in [0.3, 0.4) is 0 Å². The first-order chi connectivity index (χ1) is 28.8. The molecule has 3 atom stereocenters. The van der Waals surface area contributed by atoms with E-state index in [-0.39, 0.29) is 5.41 Å². The Balaban J connectivity index is 0.859. The Labute approximate surface area is 350 Å². The topological polar surface area (TPSA) is 6.48 Å². The molecule has 0 spiro atoms. The third-order valence-electron chi connectivity index (χ3n) is 14.6. The summed E-state index contributed by atoms with van der Waals surface area (Å²) in [4.78, 5) is 5.32. The lowest BCUT2D eigenvalue weighted by Crippen LogP contribution is -2.47. The lowest BCUT2D eigenvalue weighted by Gasteiger charge is -2.44. The van der Waals surface area contributed by atoms with E-state index >= 15 is 0 Å². The molecule has 2 nitrogen and oxygen atoms in total. The zero-order chi connectivity index (χ0) is 39.8. The minimum atomic E-state index is -0.0927. The second kappa shape index (κ2) is 14.2. The molecule has 2 heterocycles. The van der Waals surface area contributed by atoms with Gasteiger partial charge in [-0.3, -0.25) is 0 Å². The standard InChI is InChI=1S/C57H54N2/c1-37-17-21-41-11-5-9-15-55(41)58(37)46-28-26-43-34-45(25-24-44(43)35-46)49-31-27-40(48-13-7-8-14-50(48)49)23-19-39-20-30-51-52-32-29-47(36-54(52)57(3,4)53(51)33-39)59-38(2)18-22-42-12-6-10-16-56(42)59/h5-16,19-20,23-25,27,29-34,36-38,46H,17-18,21-22,26,28,35H2,1-4H3/b23-19+. The van der Waals surface area contributed by atoms with Crippen molar-refractivity contribution in [3.63, 3.8) is 0 Å². The fourth-order valence-corrected chi connectivity index (χ4v) is 11.4. The highest BCUT2D eigenvalue weighted by atomic mass is 15.2. The number of anilines is 3. The quantitative estimate of drug-likeness (QED) is 0.161. The van der Waals surface area contributed by atoms with Crippen molar-refractivity contribution in [1.29, 1.82) is 0 Å². The summed E-state index contributed by atoms with van der Waals surface area (Å²) < 4.78 is 0. The third kappa shape index (κ3) is 6.05. The van der Waals surface area contributed by atoms with Crippen LogP contribution in [-0.2, 0) is 31.1 Å². The average molecular weight is 767 g/mol. The summed E-state index contributed by atoms with van der Waals surface area (Å²) in [7, 11) is 0. The van der Waals surface area contributed by atoms with Gasteiger partial charge in [0.15, 0.2) is 0 Å². The Bertz CT molecular complexity index is 2800. The number of rotatable bonds is 5. The zero-order valence-corrected chi connectivity index (χ0v) is 35.0. The lowest BCUT2D eigenvalue weighted by molar-refractivity contribution is 0.447. The van der Waals surface area contributed by atoms with Gasteiger partial charge in [0.05, 0.1) is 0 Å². The Hall–Kier alpha value is -5.86. The summed E-state index contributed by atoms with van der Waals surface area (Å²) in [5, 5.41) is 2.61. The molecule has 2 heteroatoms. The Morgan fingerprint density at radius 3 is 2.02 bits per heavy atom. The number of aryl methyl sites for hydroxylation is 3. The molecule has 0 amide bonds. The van der Waals surface area contributed by atoms with Crippen molar-refractivity contribution in [3.05, 3.63) is 184 Å². The molecular weight excluding hydrogens is 713 g/mol. The average Bonchev–Trinajstić information content (AvgIpc) is 3.49. The summed E-state index contributed by atoms with van der Waals surface area (Å²) >= 11 is 0. The van der Waals surface area contributed by atoms with Crippen LogP contribution < -0.4 is 9.80 Å². The van der Waals surface area contributed by atoms with Crippen molar-refractivity contribution in [2.75, 3.05) is 9.80 Å². The van der Waals surface area contributed by atoms with Crippen molar-refractivity contribution < 1.29 is 0 Å². The summed E-state index contributed by atoms with van der Waals surface area (Å²) in [6.07, 6.45) is 12.9. The molecule has 0 N–H and O–H groups in total. The van der Waals surface area contributed by atoms with Gasteiger partial charge in [-0.05, 0) is 161 Å². The second-order valence-electron chi connectivity index (χ2n) is 18.4. The second-order valence-corrected chi connectivity index (χ2v) is 18.4. The van der Waals surface area contributed by atoms with Crippen molar-refractivity contribution in [3.8, 4) is 22.3 Å². The predicted octanol–water partition coefficient (Wildman–Crippen LogP) is 14.2. The van der Waals surface area contributed by atoms with E-state index in [1.807, 2.05) is 0 Å². The van der Waals surface area contributed by atoms with Crippen LogP contribution in [0.15, 0.2) is 140 Å². The van der Waals surface area contributed by atoms with E-state index < -0.39 is 0 Å². The first kappa shape index (κ1) is 36.2. The van der Waals surface area contributed by atoms with Crippen LogP contribution >= 0.6 is 0 Å². The highest BCUT2D eigenvalue weighted by molar-refractivity contribution is 6.02. The summed E-state index contributed by atoms with van der Waals surface area (Å²) in [5.74, 6) is 0. The number of benzene rings is 7. The van der Waals surface area contributed by atoms with Gasteiger partial charge >= 0.3 is 0 Å². The normalized spacial score (nSPS) is 20.2. The number of hydrogen-bond acceptors (Lipinski definition) is 2. The largest absolute Gasteiger partial charge is 0.365 e. The van der Waals surface area contributed by atoms with Crippen molar-refractivity contribution in [2.24, 2.45) is 0 Å². The van der Waals surface area contributed by atoms with Crippen molar-refractivity contribution in [1.82, 2.24) is 0 Å². The number of nitrogens with zero attached hydrogens (tertiary/aromatic N) is 2. The monoisotopic (exact) mass is 766 g/mol. The van der Waals surface area contributed by atoms with E-state index in [1.54, 1.807) is 0 Å². The number of fused-ring (bicyclic) bond motifs is 7. The van der Waals surface area contributed by atoms with Gasteiger partial charge in [0.1, 0.15) is 0 Å². The summed E-state index contributed by atoms with van der Waals surface area (Å²) in [6, 6.07) is 54.9. The van der Waals surface area contributed by atoms with Gasteiger partial charge in [-0.15, -0.1) is 0 Å². The molecule has 0 saturated heterocycles. The molecule has 59 heavy (non-hydrogen) atoms. The van der Waals surface area contributed by atoms with Gasteiger partial charge in [-0.2, -0.15) is 0 Å². The molecule has 4 aliphatic rings. The minimum Gasteiger partial charge on any atom is -0.365 e. The van der Waals surface area contributed by atoms with Crippen LogP contribution in [0.4, 0.5) is 17.1 Å². The molecule has 7 aromatic rings. The van der Waals surface area contributed by atoms with E-state index in [2.05, 4.69) is 189 Å². The highest BCUT2D eigenvalue weighted by Gasteiger charge is 2.37. The first-order valence-electron chi connectivity index (χ1n) is 22.2. The highest BCUT2D eigenvalue weighted by Crippen LogP contribution is 2.51. The van der Waals surface area contributed by atoms with Gasteiger partial charge in [-0.25, -0.2) is 0 Å². The molecule has 2 aliphatic carbocycles. The molecule has 0 saturated carbocycles. The molecule has 0 radical (unpaired) electrons. The zero-order valence-electron chi connectivity index (χ0n) is 35.0. The van der Waals surface area contributed by atoms with E-state index in [0.717, 1.165) is 19.3 Å². The summed E-state index contributed by atoms with van der Waals surface area (Å²) in [6.45, 7) is 9.61. The smallest absolute Gasteiger partial charge is 0.0445 e. The fraction of sp³-hybridized carbons (Fsp3) is 0.263. The SMILES string of the molecule is CC1CCc2ccccc2N1c1ccc2c(c1)C(C)(C)c1cc(/C=C/c3ccc(-c4ccc5c(c4)CCC(N4c6ccccc6CCC4C)C5)c4ccccc34)ccc1-2. The first-order valence-corrected chi connectivity index (χ1v) is 22.2. The maximum Gasteiger partial charge on any atom is 0.0445 e. The van der Waals surface area contributed by atoms with Gasteiger partial charge in [-0.1, -0.05) is 141 Å². The molecular formula is C57H54N2. The molecule has 0 fully saturated rings. The van der Waals surface area contributed by atoms with Crippen LogP contribution in [0.5, 0.6) is 0 Å². The maximum atomic E-state index is 2.75. The Morgan fingerprint density at radius 1 is 0.525 bits per heavy atom. The van der Waals surface area contributed by atoms with Gasteiger partial charge in [0, 0.05) is 40.6 Å². The molecule has 3 unspecified atom stereocenters. The summed E-state index contributed by atoms with van der Waals surface area (Å²) in [5.41, 5.74) is 20.8. The maximum absolute atomic E-state index is 2.75. The fourth-order valence-electron chi connectivity index (χ4n) is 11.4. The molecule has 2 aliphatic heterocycles. The van der Waals surface area contributed by atoms with Crippen molar-refractivity contribution >= 4 is 40.0 Å². The Kier molecular flexibility index (Phi) is 8.70. The van der Waals surface area contributed by atoms with Crippen LogP contribution in [0.25, 0.3) is 45.2 Å². The molecule has 0 bridgehead atoms. The van der Waals surface area contributed by atoms with E-state index in [9.17, 15) is 0 Å². The van der Waals surface area contributed by atoms with Gasteiger partial charge in [0.2, 0.25) is 0 Å². The molecule has 0 aromatic heterocycles. The molecule has 292 valence electrons. The molecule has 11 rings (SSSR count). The van der Waals surface area contributed by atoms with E-state index in [4.69, 9.17) is 0 Å². The van der Waals surface area contributed by atoms with E-state index in [0.29, 0.717) is 18.1 Å². The number of para-hydroxylation sites is 2. The van der Waals surface area contributed by atoms with Crippen molar-refractivity contribution in [2.45, 2.75) is 96.2 Å². The van der Waals surface area contributed by atoms with Gasteiger partial charge < -0.3 is 9.80 Å². The van der Waals surface area contributed by atoms with Crippen LogP contribution in [0.2, 0.25) is 0 Å². The van der Waals surface area contributed by atoms with Crippen LogP contribution in [-0.4, -0.2) is 18.1 Å². The Morgan fingerprint density at radius 2 is 1.19 bits per heavy atom. The lowest BCUT2D eigenvalue weighted by atomic mass is 9.81. The predicted molar refractivity (Wildman–Crippen MR) is 251 cm³/mol. The van der Waals surface area contributed by atoms with Crippen LogP contribution in [0, 0.1) is 0 Å². The minimum absolute atomic E-state index is 0.0927. The van der Waals surface area contributed by atoms with E-state index in [1.165, 1.54) is 120 Å². The van der Waals surface area contributed by atoms with Gasteiger partial charge in [0.25, 0.3) is 0 Å². The molecule has 7 aromatic carbocycles. The number of hydrogen-bond donors (Lipinski definition) is 0. The third-order valence-corrected chi connectivity index (χ3v) is 14.6.